The molecule has 2 aromatic rings. The Hall–Kier alpha value is -1.22. The summed E-state index contributed by atoms with van der Waals surface area (Å²) in [6.07, 6.45) is -6.37. The van der Waals surface area contributed by atoms with E-state index in [1.54, 1.807) is 44.2 Å². The predicted molar refractivity (Wildman–Crippen MR) is 90.9 cm³/mol. The molecule has 0 aliphatic rings. The summed E-state index contributed by atoms with van der Waals surface area (Å²) in [5, 5.41) is -5.37. The van der Waals surface area contributed by atoms with Crippen LogP contribution in [0, 0.1) is 13.8 Å². The van der Waals surface area contributed by atoms with Crippen molar-refractivity contribution in [1.29, 1.82) is 0 Å². The highest BCUT2D eigenvalue weighted by Crippen LogP contribution is 2.55. The molecule has 0 radical (unpaired) electrons. The maximum Gasteiger partial charge on any atom is 0.460 e. The maximum absolute atomic E-state index is 13.9. The van der Waals surface area contributed by atoms with Crippen LogP contribution >= 0.6 is 27.7 Å². The lowest BCUT2D eigenvalue weighted by atomic mass is 9.99. The molecule has 0 aliphatic heterocycles. The summed E-state index contributed by atoms with van der Waals surface area (Å²) in [7, 11) is 0. The average molecular weight is 461 g/mol. The number of aryl methyl sites for hydroxylation is 2. The van der Waals surface area contributed by atoms with E-state index in [0.29, 0.717) is 21.2 Å². The summed E-state index contributed by atoms with van der Waals surface area (Å²) < 4.78 is 92.2. The lowest BCUT2D eigenvalue weighted by molar-refractivity contribution is -0.330. The van der Waals surface area contributed by atoms with Gasteiger partial charge in [-0.3, -0.25) is 0 Å². The van der Waals surface area contributed by atoms with E-state index in [2.05, 4.69) is 15.9 Å². The molecule has 0 amide bonds. The number of benzene rings is 2. The third-order valence-corrected chi connectivity index (χ3v) is 5.29. The molecule has 26 heavy (non-hydrogen) atoms. The van der Waals surface area contributed by atoms with Crippen LogP contribution in [0.25, 0.3) is 11.1 Å². The molecule has 9 heteroatoms. The van der Waals surface area contributed by atoms with Crippen LogP contribution in [0.4, 0.5) is 30.7 Å². The second-order valence-corrected chi connectivity index (χ2v) is 7.64. The average Bonchev–Trinajstić information content (AvgIpc) is 2.46. The van der Waals surface area contributed by atoms with Gasteiger partial charge in [-0.05, 0) is 60.0 Å². The quantitative estimate of drug-likeness (QED) is 0.334. The Morgan fingerprint density at radius 1 is 0.885 bits per heavy atom. The van der Waals surface area contributed by atoms with Gasteiger partial charge in [0.25, 0.3) is 0 Å². The maximum atomic E-state index is 13.9. The minimum absolute atomic E-state index is 0.172. The Balaban J connectivity index is 2.63. The number of alkyl halides is 7. The van der Waals surface area contributed by atoms with E-state index in [1.807, 2.05) is 0 Å². The molecule has 0 atom stereocenters. The molecule has 142 valence electrons. The van der Waals surface area contributed by atoms with E-state index < -0.39 is 29.1 Å². The molecule has 0 bridgehead atoms. The van der Waals surface area contributed by atoms with E-state index in [0.717, 1.165) is 0 Å². The van der Waals surface area contributed by atoms with Crippen molar-refractivity contribution in [2.24, 2.45) is 0 Å². The van der Waals surface area contributed by atoms with E-state index in [9.17, 15) is 30.7 Å². The molecule has 0 aromatic heterocycles. The van der Waals surface area contributed by atoms with E-state index in [-0.39, 0.29) is 10.5 Å². The molecule has 0 nitrogen and oxygen atoms in total. The largest absolute Gasteiger partial charge is 0.460 e. The Morgan fingerprint density at radius 3 is 2.00 bits per heavy atom. The first kappa shape index (κ1) is 21.1. The molecule has 0 saturated carbocycles. The summed E-state index contributed by atoms with van der Waals surface area (Å²) in [6.45, 7) is 3.12. The Morgan fingerprint density at radius 2 is 1.46 bits per heavy atom. The first-order valence-electron chi connectivity index (χ1n) is 7.15. The molecule has 0 aliphatic carbocycles. The van der Waals surface area contributed by atoms with Gasteiger partial charge < -0.3 is 0 Å². The standard InChI is InChI=1S/C17H12BrF7S/c1-9-7-10(2)14(11-5-3-4-6-12(11)18)13(8-9)26-17(24,25)15(19,20)16(21,22)23/h3-8H,1-2H3. The number of rotatable bonds is 4. The van der Waals surface area contributed by atoms with Gasteiger partial charge in [0, 0.05) is 9.37 Å². The molecular weight excluding hydrogens is 449 g/mol. The van der Waals surface area contributed by atoms with Crippen LogP contribution < -0.4 is 0 Å². The molecule has 0 fully saturated rings. The predicted octanol–water partition coefficient (Wildman–Crippen LogP) is 7.62. The van der Waals surface area contributed by atoms with Gasteiger partial charge in [-0.15, -0.1) is 0 Å². The fourth-order valence-electron chi connectivity index (χ4n) is 2.39. The lowest BCUT2D eigenvalue weighted by Gasteiger charge is -2.28. The zero-order chi connectivity index (χ0) is 19.9. The van der Waals surface area contributed by atoms with Crippen molar-refractivity contribution in [1.82, 2.24) is 0 Å². The first-order chi connectivity index (χ1) is 11.8. The highest BCUT2D eigenvalue weighted by Gasteiger charge is 2.73. The van der Waals surface area contributed by atoms with Crippen LogP contribution in [0.1, 0.15) is 11.1 Å². The number of hydrogen-bond acceptors (Lipinski definition) is 1. The van der Waals surface area contributed by atoms with Gasteiger partial charge in [-0.1, -0.05) is 40.2 Å². The van der Waals surface area contributed by atoms with Gasteiger partial charge in [0.05, 0.1) is 0 Å². The Kier molecular flexibility index (Phi) is 5.73. The zero-order valence-corrected chi connectivity index (χ0v) is 15.8. The van der Waals surface area contributed by atoms with Crippen molar-refractivity contribution < 1.29 is 30.7 Å². The molecule has 0 N–H and O–H groups in total. The molecule has 0 saturated heterocycles. The summed E-state index contributed by atoms with van der Waals surface area (Å²) in [4.78, 5) is -0.358. The molecule has 0 heterocycles. The second kappa shape index (κ2) is 7.07. The lowest BCUT2D eigenvalue weighted by Crippen LogP contribution is -2.49. The summed E-state index contributed by atoms with van der Waals surface area (Å²) in [5.74, 6) is -6.17. The fourth-order valence-corrected chi connectivity index (χ4v) is 4.01. The fraction of sp³-hybridized carbons (Fsp3) is 0.294. The second-order valence-electron chi connectivity index (χ2n) is 5.63. The minimum atomic E-state index is -6.37. The van der Waals surface area contributed by atoms with Crippen LogP contribution in [0.15, 0.2) is 45.8 Å². The van der Waals surface area contributed by atoms with Gasteiger partial charge in [0.2, 0.25) is 0 Å². The van der Waals surface area contributed by atoms with Gasteiger partial charge in [0.15, 0.2) is 0 Å². The third kappa shape index (κ3) is 3.88. The minimum Gasteiger partial charge on any atom is -0.188 e. The Labute approximate surface area is 157 Å². The van der Waals surface area contributed by atoms with Gasteiger partial charge in [-0.25, -0.2) is 0 Å². The van der Waals surface area contributed by atoms with Crippen LogP contribution in [-0.4, -0.2) is 17.4 Å². The number of halogens is 8. The molecular formula is C17H12BrF7S. The Bertz CT molecular complexity index is 815. The van der Waals surface area contributed by atoms with E-state index in [4.69, 9.17) is 0 Å². The van der Waals surface area contributed by atoms with Crippen LogP contribution in [0.2, 0.25) is 0 Å². The van der Waals surface area contributed by atoms with E-state index in [1.165, 1.54) is 6.07 Å². The highest BCUT2D eigenvalue weighted by molar-refractivity contribution is 9.10. The zero-order valence-electron chi connectivity index (χ0n) is 13.4. The molecule has 0 spiro atoms. The van der Waals surface area contributed by atoms with Crippen LogP contribution in [-0.2, 0) is 0 Å². The normalized spacial score (nSPS) is 13.2. The number of thioether (sulfide) groups is 1. The van der Waals surface area contributed by atoms with Crippen LogP contribution in [0.3, 0.4) is 0 Å². The molecule has 0 unspecified atom stereocenters. The van der Waals surface area contributed by atoms with E-state index >= 15 is 0 Å². The van der Waals surface area contributed by atoms with Crippen molar-refractivity contribution in [2.45, 2.75) is 36.1 Å². The van der Waals surface area contributed by atoms with Crippen LogP contribution in [0.5, 0.6) is 0 Å². The molecule has 2 rings (SSSR count). The van der Waals surface area contributed by atoms with Crippen molar-refractivity contribution in [2.75, 3.05) is 0 Å². The smallest absolute Gasteiger partial charge is 0.188 e. The number of hydrogen-bond donors (Lipinski definition) is 0. The van der Waals surface area contributed by atoms with Gasteiger partial charge in [0.1, 0.15) is 0 Å². The molecule has 2 aromatic carbocycles. The SMILES string of the molecule is Cc1cc(C)c(-c2ccccc2Br)c(SC(F)(F)C(F)(F)C(F)(F)F)c1. The topological polar surface area (TPSA) is 0 Å². The van der Waals surface area contributed by atoms with Crippen molar-refractivity contribution in [3.05, 3.63) is 52.0 Å². The summed E-state index contributed by atoms with van der Waals surface area (Å²) in [6, 6.07) is 9.26. The van der Waals surface area contributed by atoms with Crippen molar-refractivity contribution in [3.8, 4) is 11.1 Å². The summed E-state index contributed by atoms with van der Waals surface area (Å²) in [5.41, 5.74) is 1.53. The van der Waals surface area contributed by atoms with Crippen molar-refractivity contribution in [3.63, 3.8) is 0 Å². The van der Waals surface area contributed by atoms with Crippen molar-refractivity contribution >= 4 is 27.7 Å². The van der Waals surface area contributed by atoms with Gasteiger partial charge in [-0.2, -0.15) is 30.7 Å². The first-order valence-corrected chi connectivity index (χ1v) is 8.76. The monoisotopic (exact) mass is 460 g/mol. The summed E-state index contributed by atoms with van der Waals surface area (Å²) >= 11 is 2.46. The third-order valence-electron chi connectivity index (χ3n) is 3.55. The van der Waals surface area contributed by atoms with Gasteiger partial charge >= 0.3 is 17.4 Å². The highest BCUT2D eigenvalue weighted by atomic mass is 79.9.